The fraction of sp³-hybridized carbons (Fsp3) is 0.222. The Hall–Kier alpha value is -1.89. The van der Waals surface area contributed by atoms with Gasteiger partial charge >= 0.3 is 0 Å². The van der Waals surface area contributed by atoms with Gasteiger partial charge in [0.05, 0.1) is 6.61 Å². The summed E-state index contributed by atoms with van der Waals surface area (Å²) in [6.07, 6.45) is 0. The van der Waals surface area contributed by atoms with Gasteiger partial charge in [0.15, 0.2) is 0 Å². The predicted octanol–water partition coefficient (Wildman–Crippen LogP) is 3.51. The molecule has 2 aromatic rings. The lowest BCUT2D eigenvalue weighted by Crippen LogP contribution is -2.00. The van der Waals surface area contributed by atoms with E-state index in [-0.39, 0.29) is 6.61 Å². The molecule has 0 atom stereocenters. The minimum atomic E-state index is -0.127. The van der Waals surface area contributed by atoms with Crippen LogP contribution in [0.3, 0.4) is 0 Å². The summed E-state index contributed by atoms with van der Waals surface area (Å²) in [7, 11) is 0. The first-order valence-electron chi connectivity index (χ1n) is 6.80. The van der Waals surface area contributed by atoms with Crippen LogP contribution in [0.15, 0.2) is 53.4 Å². The minimum Gasteiger partial charge on any atom is -0.493 e. The molecule has 2 aromatic carbocycles. The van der Waals surface area contributed by atoms with Gasteiger partial charge in [-0.15, -0.1) is 11.8 Å². The Morgan fingerprint density at radius 1 is 1.14 bits per heavy atom. The van der Waals surface area contributed by atoms with E-state index in [4.69, 9.17) is 9.84 Å². The Balaban J connectivity index is 1.81. The summed E-state index contributed by atoms with van der Waals surface area (Å²) in [6.45, 7) is 2.62. The van der Waals surface area contributed by atoms with Crippen molar-refractivity contribution in [1.82, 2.24) is 0 Å². The molecule has 0 aliphatic carbocycles. The molecule has 2 rings (SSSR count). The van der Waals surface area contributed by atoms with E-state index >= 15 is 0 Å². The van der Waals surface area contributed by atoms with Crippen molar-refractivity contribution < 1.29 is 9.84 Å². The van der Waals surface area contributed by atoms with Crippen molar-refractivity contribution in [2.75, 3.05) is 19.0 Å². The van der Waals surface area contributed by atoms with E-state index in [2.05, 4.69) is 43.0 Å². The molecule has 2 nitrogen and oxygen atoms in total. The first-order chi connectivity index (χ1) is 10.3. The van der Waals surface area contributed by atoms with E-state index in [0.717, 1.165) is 17.1 Å². The zero-order valence-electron chi connectivity index (χ0n) is 12.0. The van der Waals surface area contributed by atoms with Crippen LogP contribution in [0.2, 0.25) is 0 Å². The first-order valence-corrected chi connectivity index (χ1v) is 7.78. The van der Waals surface area contributed by atoms with Crippen LogP contribution in [0.5, 0.6) is 5.75 Å². The summed E-state index contributed by atoms with van der Waals surface area (Å²) in [5.41, 5.74) is 2.13. The van der Waals surface area contributed by atoms with Crippen LogP contribution < -0.4 is 4.74 Å². The second-order valence-corrected chi connectivity index (χ2v) is 5.67. The van der Waals surface area contributed by atoms with Crippen LogP contribution in [0.25, 0.3) is 0 Å². The average Bonchev–Trinajstić information content (AvgIpc) is 2.50. The van der Waals surface area contributed by atoms with Crippen molar-refractivity contribution in [2.45, 2.75) is 11.8 Å². The summed E-state index contributed by atoms with van der Waals surface area (Å²) in [4.78, 5) is 1.26. The van der Waals surface area contributed by atoms with Crippen LogP contribution >= 0.6 is 11.8 Å². The molecule has 3 heteroatoms. The van der Waals surface area contributed by atoms with Gasteiger partial charge in [0, 0.05) is 16.2 Å². The minimum absolute atomic E-state index is 0.127. The van der Waals surface area contributed by atoms with E-state index in [1.165, 1.54) is 10.5 Å². The Bertz CT molecular complexity index is 641. The average molecular weight is 298 g/mol. The summed E-state index contributed by atoms with van der Waals surface area (Å²) in [6, 6.07) is 16.1. The van der Waals surface area contributed by atoms with E-state index in [0.29, 0.717) is 6.61 Å². The number of ether oxygens (including phenoxy) is 1. The molecule has 0 heterocycles. The normalized spacial score (nSPS) is 9.81. The second kappa shape index (κ2) is 8.41. The summed E-state index contributed by atoms with van der Waals surface area (Å²) in [5.74, 6) is 7.21. The smallest absolute Gasteiger partial charge is 0.120 e. The van der Waals surface area contributed by atoms with Gasteiger partial charge in [0.2, 0.25) is 0 Å². The lowest BCUT2D eigenvalue weighted by molar-refractivity contribution is 0.344. The summed E-state index contributed by atoms with van der Waals surface area (Å²) < 4.78 is 5.73. The molecule has 108 valence electrons. The molecule has 0 aliphatic rings. The van der Waals surface area contributed by atoms with E-state index < -0.39 is 0 Å². The van der Waals surface area contributed by atoms with Crippen LogP contribution in [-0.4, -0.2) is 24.1 Å². The number of aliphatic hydroxyl groups is 1. The van der Waals surface area contributed by atoms with Crippen LogP contribution in [-0.2, 0) is 0 Å². The second-order valence-electron chi connectivity index (χ2n) is 4.50. The molecule has 0 aromatic heterocycles. The van der Waals surface area contributed by atoms with Crippen LogP contribution in [0.4, 0.5) is 0 Å². The quantitative estimate of drug-likeness (QED) is 0.520. The van der Waals surface area contributed by atoms with Crippen molar-refractivity contribution >= 4 is 11.8 Å². The number of rotatable bonds is 5. The number of aliphatic hydroxyl groups excluding tert-OH is 1. The van der Waals surface area contributed by atoms with Crippen molar-refractivity contribution in [3.8, 4) is 17.6 Å². The largest absolute Gasteiger partial charge is 0.493 e. The fourth-order valence-electron chi connectivity index (χ4n) is 1.83. The molecule has 21 heavy (non-hydrogen) atoms. The number of thioether (sulfide) groups is 1. The Kier molecular flexibility index (Phi) is 6.21. The molecule has 0 bridgehead atoms. The van der Waals surface area contributed by atoms with Gasteiger partial charge in [-0.2, -0.15) is 0 Å². The highest BCUT2D eigenvalue weighted by molar-refractivity contribution is 7.99. The third kappa shape index (κ3) is 5.55. The zero-order chi connectivity index (χ0) is 14.9. The third-order valence-corrected chi connectivity index (χ3v) is 3.71. The molecule has 0 fully saturated rings. The standard InChI is InChI=1S/C18H18O2S/c1-15-5-2-9-18(13-15)21-12-11-20-17-8-3-6-16(14-17)7-4-10-19/h2-3,5-6,8-9,13-14,19H,10-12H2,1H3. The first kappa shape index (κ1) is 15.5. The van der Waals surface area contributed by atoms with E-state index in [1.54, 1.807) is 11.8 Å². The van der Waals surface area contributed by atoms with Crippen LogP contribution in [0, 0.1) is 18.8 Å². The van der Waals surface area contributed by atoms with Crippen LogP contribution in [0.1, 0.15) is 11.1 Å². The highest BCUT2D eigenvalue weighted by Gasteiger charge is 1.97. The molecule has 0 spiro atoms. The Morgan fingerprint density at radius 2 is 2.00 bits per heavy atom. The maximum atomic E-state index is 8.69. The van der Waals surface area contributed by atoms with Gasteiger partial charge in [0.25, 0.3) is 0 Å². The predicted molar refractivity (Wildman–Crippen MR) is 87.8 cm³/mol. The molecule has 0 unspecified atom stereocenters. The SMILES string of the molecule is Cc1cccc(SCCOc2cccc(C#CCO)c2)c1. The van der Waals surface area contributed by atoms with Gasteiger partial charge in [-0.25, -0.2) is 0 Å². The lowest BCUT2D eigenvalue weighted by atomic mass is 10.2. The molecule has 0 amide bonds. The highest BCUT2D eigenvalue weighted by atomic mass is 32.2. The number of hydrogen-bond acceptors (Lipinski definition) is 3. The van der Waals surface area contributed by atoms with E-state index in [1.807, 2.05) is 24.3 Å². The van der Waals surface area contributed by atoms with Crippen molar-refractivity contribution in [3.63, 3.8) is 0 Å². The molecule has 0 aliphatic heterocycles. The molecule has 1 N–H and O–H groups in total. The van der Waals surface area contributed by atoms with Gasteiger partial charge in [-0.1, -0.05) is 35.6 Å². The molecule has 0 saturated heterocycles. The highest BCUT2D eigenvalue weighted by Crippen LogP contribution is 2.19. The summed E-state index contributed by atoms with van der Waals surface area (Å²) >= 11 is 1.79. The van der Waals surface area contributed by atoms with Crippen molar-refractivity contribution in [3.05, 3.63) is 59.7 Å². The maximum Gasteiger partial charge on any atom is 0.120 e. The van der Waals surface area contributed by atoms with Gasteiger partial charge in [-0.05, 0) is 37.3 Å². The lowest BCUT2D eigenvalue weighted by Gasteiger charge is -2.07. The van der Waals surface area contributed by atoms with Crippen molar-refractivity contribution in [2.24, 2.45) is 0 Å². The molecular formula is C18H18O2S. The maximum absolute atomic E-state index is 8.69. The molecular weight excluding hydrogens is 280 g/mol. The van der Waals surface area contributed by atoms with Gasteiger partial charge < -0.3 is 9.84 Å². The van der Waals surface area contributed by atoms with Gasteiger partial charge in [0.1, 0.15) is 12.4 Å². The van der Waals surface area contributed by atoms with E-state index in [9.17, 15) is 0 Å². The monoisotopic (exact) mass is 298 g/mol. The van der Waals surface area contributed by atoms with Crippen molar-refractivity contribution in [1.29, 1.82) is 0 Å². The molecule has 0 radical (unpaired) electrons. The number of hydrogen-bond donors (Lipinski definition) is 1. The van der Waals surface area contributed by atoms with Gasteiger partial charge in [-0.3, -0.25) is 0 Å². The summed E-state index contributed by atoms with van der Waals surface area (Å²) in [5, 5.41) is 8.69. The Labute approximate surface area is 130 Å². The molecule has 0 saturated carbocycles. The zero-order valence-corrected chi connectivity index (χ0v) is 12.8. The Morgan fingerprint density at radius 3 is 2.81 bits per heavy atom. The topological polar surface area (TPSA) is 29.5 Å². The number of aryl methyl sites for hydroxylation is 1. The fourth-order valence-corrected chi connectivity index (χ4v) is 2.68. The number of benzene rings is 2. The third-order valence-electron chi connectivity index (χ3n) is 2.76.